The molecule has 3 heteroatoms. The van der Waals surface area contributed by atoms with Crippen molar-refractivity contribution in [3.8, 4) is 12.3 Å². The number of ether oxygens (including phenoxy) is 1. The van der Waals surface area contributed by atoms with Crippen molar-refractivity contribution in [3.63, 3.8) is 0 Å². The highest BCUT2D eigenvalue weighted by Crippen LogP contribution is 2.19. The van der Waals surface area contributed by atoms with E-state index in [0.717, 1.165) is 17.7 Å². The first kappa shape index (κ1) is 9.60. The van der Waals surface area contributed by atoms with Crippen molar-refractivity contribution in [1.82, 2.24) is 0 Å². The van der Waals surface area contributed by atoms with Gasteiger partial charge in [0.1, 0.15) is 0 Å². The van der Waals surface area contributed by atoms with Crippen LogP contribution in [0.4, 0.5) is 10.5 Å². The Morgan fingerprint density at radius 3 is 3.07 bits per heavy atom. The van der Waals surface area contributed by atoms with E-state index in [4.69, 9.17) is 11.2 Å². The van der Waals surface area contributed by atoms with Crippen LogP contribution in [0, 0.1) is 12.3 Å². The highest BCUT2D eigenvalue weighted by molar-refractivity contribution is 5.88. The Morgan fingerprint density at radius 2 is 2.33 bits per heavy atom. The van der Waals surface area contributed by atoms with E-state index in [2.05, 4.69) is 5.92 Å². The number of benzene rings is 1. The van der Waals surface area contributed by atoms with Crippen molar-refractivity contribution < 1.29 is 9.53 Å². The minimum absolute atomic E-state index is 0.296. The second-order valence-corrected chi connectivity index (χ2v) is 3.31. The zero-order chi connectivity index (χ0) is 10.7. The van der Waals surface area contributed by atoms with Crippen LogP contribution in [-0.4, -0.2) is 19.2 Å². The summed E-state index contributed by atoms with van der Waals surface area (Å²) in [6, 6.07) is 7.34. The number of cyclic esters (lactones) is 1. The molecule has 3 nitrogen and oxygen atoms in total. The topological polar surface area (TPSA) is 29.5 Å². The molecule has 1 saturated heterocycles. The highest BCUT2D eigenvalue weighted by atomic mass is 16.6. The minimum atomic E-state index is -0.296. The smallest absolute Gasteiger partial charge is 0.414 e. The molecule has 0 bridgehead atoms. The summed E-state index contributed by atoms with van der Waals surface area (Å²) in [5.74, 6) is 2.54. The Hall–Kier alpha value is -1.95. The molecule has 1 aromatic rings. The number of carbonyl (C=O) groups excluding carboxylic acids is 1. The van der Waals surface area contributed by atoms with Crippen molar-refractivity contribution in [2.75, 3.05) is 18.1 Å². The third kappa shape index (κ3) is 1.94. The molecular weight excluding hydrogens is 190 g/mol. The molecule has 1 aliphatic rings. The standard InChI is InChI=1S/C12H11NO2/c1-2-10-5-3-6-11(9-10)13-7-4-8-15-12(13)14/h1,3,5-6,9H,4,7-8H2. The lowest BCUT2D eigenvalue weighted by Crippen LogP contribution is -2.37. The van der Waals surface area contributed by atoms with Gasteiger partial charge in [0, 0.05) is 17.8 Å². The van der Waals surface area contributed by atoms with Gasteiger partial charge >= 0.3 is 6.09 Å². The van der Waals surface area contributed by atoms with Crippen LogP contribution < -0.4 is 4.90 Å². The van der Waals surface area contributed by atoms with E-state index >= 15 is 0 Å². The molecule has 0 radical (unpaired) electrons. The van der Waals surface area contributed by atoms with Crippen LogP contribution in [0.1, 0.15) is 12.0 Å². The quantitative estimate of drug-likeness (QED) is 0.650. The van der Waals surface area contributed by atoms with E-state index in [1.54, 1.807) is 4.90 Å². The van der Waals surface area contributed by atoms with Gasteiger partial charge < -0.3 is 4.74 Å². The van der Waals surface area contributed by atoms with Crippen LogP contribution >= 0.6 is 0 Å². The number of carbonyl (C=O) groups is 1. The maximum atomic E-state index is 11.4. The average Bonchev–Trinajstić information content (AvgIpc) is 2.30. The fraction of sp³-hybridized carbons (Fsp3) is 0.250. The van der Waals surface area contributed by atoms with E-state index in [1.165, 1.54) is 0 Å². The van der Waals surface area contributed by atoms with Gasteiger partial charge in [-0.25, -0.2) is 4.79 Å². The third-order valence-electron chi connectivity index (χ3n) is 2.30. The molecule has 15 heavy (non-hydrogen) atoms. The summed E-state index contributed by atoms with van der Waals surface area (Å²) in [6.07, 6.45) is 5.86. The number of terminal acetylenes is 1. The lowest BCUT2D eigenvalue weighted by Gasteiger charge is -2.26. The number of nitrogens with zero attached hydrogens (tertiary/aromatic N) is 1. The Balaban J connectivity index is 2.28. The van der Waals surface area contributed by atoms with Crippen molar-refractivity contribution in [2.45, 2.75) is 6.42 Å². The predicted octanol–water partition coefficient (Wildman–Crippen LogP) is 2.01. The van der Waals surface area contributed by atoms with Gasteiger partial charge in [-0.2, -0.15) is 0 Å². The molecule has 1 fully saturated rings. The molecule has 76 valence electrons. The molecule has 0 aromatic heterocycles. The lowest BCUT2D eigenvalue weighted by molar-refractivity contribution is 0.140. The molecule has 0 N–H and O–H groups in total. The molecule has 0 spiro atoms. The fourth-order valence-corrected chi connectivity index (χ4v) is 1.55. The van der Waals surface area contributed by atoms with E-state index in [1.807, 2.05) is 24.3 Å². The van der Waals surface area contributed by atoms with Gasteiger partial charge in [0.15, 0.2) is 0 Å². The van der Waals surface area contributed by atoms with Crippen molar-refractivity contribution in [2.24, 2.45) is 0 Å². The Labute approximate surface area is 88.6 Å². The maximum absolute atomic E-state index is 11.4. The lowest BCUT2D eigenvalue weighted by atomic mass is 10.2. The summed E-state index contributed by atoms with van der Waals surface area (Å²) < 4.78 is 4.95. The van der Waals surface area contributed by atoms with Gasteiger partial charge in [-0.3, -0.25) is 4.90 Å². The Morgan fingerprint density at radius 1 is 1.47 bits per heavy atom. The van der Waals surface area contributed by atoms with Crippen LogP contribution in [0.25, 0.3) is 0 Å². The van der Waals surface area contributed by atoms with Gasteiger partial charge in [0.2, 0.25) is 0 Å². The Bertz CT molecular complexity index is 420. The van der Waals surface area contributed by atoms with Gasteiger partial charge in [0.05, 0.1) is 6.61 Å². The van der Waals surface area contributed by atoms with E-state index in [0.29, 0.717) is 13.2 Å². The van der Waals surface area contributed by atoms with Crippen LogP contribution in [0.2, 0.25) is 0 Å². The molecular formula is C12H11NO2. The molecule has 2 rings (SSSR count). The molecule has 0 atom stereocenters. The molecule has 1 aliphatic heterocycles. The minimum Gasteiger partial charge on any atom is -0.449 e. The SMILES string of the molecule is C#Cc1cccc(N2CCCOC2=O)c1. The van der Waals surface area contributed by atoms with Crippen molar-refractivity contribution in [1.29, 1.82) is 0 Å². The van der Waals surface area contributed by atoms with Crippen LogP contribution in [0.3, 0.4) is 0 Å². The molecule has 0 saturated carbocycles. The monoisotopic (exact) mass is 201 g/mol. The molecule has 1 aromatic carbocycles. The summed E-state index contributed by atoms with van der Waals surface area (Å²) in [4.78, 5) is 13.0. The van der Waals surface area contributed by atoms with Crippen LogP contribution in [0.15, 0.2) is 24.3 Å². The summed E-state index contributed by atoms with van der Waals surface area (Å²) >= 11 is 0. The number of anilines is 1. The predicted molar refractivity (Wildman–Crippen MR) is 57.7 cm³/mol. The zero-order valence-corrected chi connectivity index (χ0v) is 8.27. The highest BCUT2D eigenvalue weighted by Gasteiger charge is 2.20. The average molecular weight is 201 g/mol. The largest absolute Gasteiger partial charge is 0.449 e. The molecule has 0 unspecified atom stereocenters. The molecule has 0 aliphatic carbocycles. The first-order valence-electron chi connectivity index (χ1n) is 4.82. The van der Waals surface area contributed by atoms with Crippen LogP contribution in [0.5, 0.6) is 0 Å². The summed E-state index contributed by atoms with van der Waals surface area (Å²) in [5.41, 5.74) is 1.57. The summed E-state index contributed by atoms with van der Waals surface area (Å²) in [5, 5.41) is 0. The van der Waals surface area contributed by atoms with E-state index in [9.17, 15) is 4.79 Å². The van der Waals surface area contributed by atoms with Gasteiger partial charge in [0.25, 0.3) is 0 Å². The van der Waals surface area contributed by atoms with Crippen molar-refractivity contribution >= 4 is 11.8 Å². The number of rotatable bonds is 1. The summed E-state index contributed by atoms with van der Waals surface area (Å²) in [6.45, 7) is 1.19. The van der Waals surface area contributed by atoms with Gasteiger partial charge in [-0.15, -0.1) is 6.42 Å². The third-order valence-corrected chi connectivity index (χ3v) is 2.30. The second-order valence-electron chi connectivity index (χ2n) is 3.31. The maximum Gasteiger partial charge on any atom is 0.414 e. The number of hydrogen-bond donors (Lipinski definition) is 0. The first-order valence-corrected chi connectivity index (χ1v) is 4.82. The van der Waals surface area contributed by atoms with Gasteiger partial charge in [-0.05, 0) is 24.6 Å². The molecule has 1 heterocycles. The van der Waals surface area contributed by atoms with E-state index < -0.39 is 0 Å². The Kier molecular flexibility index (Phi) is 2.59. The van der Waals surface area contributed by atoms with Crippen LogP contribution in [-0.2, 0) is 4.74 Å². The zero-order valence-electron chi connectivity index (χ0n) is 8.27. The van der Waals surface area contributed by atoms with Crippen molar-refractivity contribution in [3.05, 3.63) is 29.8 Å². The number of amides is 1. The van der Waals surface area contributed by atoms with E-state index in [-0.39, 0.29) is 6.09 Å². The second kappa shape index (κ2) is 4.05. The van der Waals surface area contributed by atoms with Gasteiger partial charge in [-0.1, -0.05) is 12.0 Å². The summed E-state index contributed by atoms with van der Waals surface area (Å²) in [7, 11) is 0. The molecule has 1 amide bonds. The first-order chi connectivity index (χ1) is 7.31. The normalized spacial score (nSPS) is 15.7. The fourth-order valence-electron chi connectivity index (χ4n) is 1.55. The number of hydrogen-bond acceptors (Lipinski definition) is 2.